The largest absolute Gasteiger partial charge is 0.357 e. The van der Waals surface area contributed by atoms with E-state index in [-0.39, 0.29) is 4.90 Å². The van der Waals surface area contributed by atoms with Crippen LogP contribution in [0, 0.1) is 13.8 Å². The monoisotopic (exact) mass is 243 g/mol. The maximum absolute atomic E-state index is 11.4. The molecule has 15 heavy (non-hydrogen) atoms. The van der Waals surface area contributed by atoms with E-state index in [4.69, 9.17) is 10.7 Å². The van der Waals surface area contributed by atoms with Gasteiger partial charge in [0.05, 0.1) is 0 Å². The standard InChI is InChI=1S/C10H10ClNO2S/c1-6-3-4-9-8(5-6)10(7(2)12-9)15(11,13)14/h3-5,12H,1-2H3. The summed E-state index contributed by atoms with van der Waals surface area (Å²) in [5.74, 6) is 0. The van der Waals surface area contributed by atoms with E-state index in [1.165, 1.54) is 0 Å². The second kappa shape index (κ2) is 3.25. The van der Waals surface area contributed by atoms with Crippen molar-refractivity contribution in [1.29, 1.82) is 0 Å². The quantitative estimate of drug-likeness (QED) is 0.783. The molecule has 0 amide bonds. The first kappa shape index (κ1) is 10.5. The summed E-state index contributed by atoms with van der Waals surface area (Å²) in [4.78, 5) is 3.18. The van der Waals surface area contributed by atoms with Crippen LogP contribution >= 0.6 is 10.7 Å². The van der Waals surface area contributed by atoms with Gasteiger partial charge in [-0.05, 0) is 26.0 Å². The Balaban J connectivity index is 2.95. The smallest absolute Gasteiger partial charge is 0.263 e. The van der Waals surface area contributed by atoms with Gasteiger partial charge in [0.2, 0.25) is 0 Å². The van der Waals surface area contributed by atoms with Crippen LogP contribution < -0.4 is 0 Å². The minimum absolute atomic E-state index is 0.183. The van der Waals surface area contributed by atoms with Gasteiger partial charge in [0.15, 0.2) is 0 Å². The van der Waals surface area contributed by atoms with E-state index >= 15 is 0 Å². The van der Waals surface area contributed by atoms with Gasteiger partial charge in [0.25, 0.3) is 9.05 Å². The fraction of sp³-hybridized carbons (Fsp3) is 0.200. The van der Waals surface area contributed by atoms with Crippen LogP contribution in [0.1, 0.15) is 11.3 Å². The van der Waals surface area contributed by atoms with Crippen molar-refractivity contribution in [2.45, 2.75) is 18.7 Å². The van der Waals surface area contributed by atoms with Crippen LogP contribution in [-0.2, 0) is 9.05 Å². The topological polar surface area (TPSA) is 49.9 Å². The maximum Gasteiger partial charge on any atom is 0.263 e. The molecule has 0 saturated heterocycles. The van der Waals surface area contributed by atoms with Gasteiger partial charge < -0.3 is 4.98 Å². The van der Waals surface area contributed by atoms with Crippen LogP contribution in [0.3, 0.4) is 0 Å². The average molecular weight is 244 g/mol. The van der Waals surface area contributed by atoms with Crippen molar-refractivity contribution < 1.29 is 8.42 Å². The first-order valence-electron chi connectivity index (χ1n) is 4.43. The Morgan fingerprint density at radius 2 is 1.93 bits per heavy atom. The fourth-order valence-electron chi connectivity index (χ4n) is 1.73. The van der Waals surface area contributed by atoms with Crippen molar-refractivity contribution >= 4 is 30.6 Å². The highest BCUT2D eigenvalue weighted by atomic mass is 35.7. The summed E-state index contributed by atoms with van der Waals surface area (Å²) in [6.07, 6.45) is 0. The molecule has 0 unspecified atom stereocenters. The maximum atomic E-state index is 11.4. The fourth-order valence-corrected chi connectivity index (χ4v) is 3.17. The SMILES string of the molecule is Cc1ccc2[nH]c(C)c(S(=O)(=O)Cl)c2c1. The van der Waals surface area contributed by atoms with E-state index in [0.29, 0.717) is 11.1 Å². The lowest BCUT2D eigenvalue weighted by Gasteiger charge is -1.96. The summed E-state index contributed by atoms with van der Waals surface area (Å²) >= 11 is 0. The number of aryl methyl sites for hydroxylation is 2. The van der Waals surface area contributed by atoms with E-state index in [1.54, 1.807) is 6.92 Å². The molecule has 0 aliphatic heterocycles. The molecule has 1 aromatic carbocycles. The number of fused-ring (bicyclic) bond motifs is 1. The Hall–Kier alpha value is -1.00. The first-order valence-corrected chi connectivity index (χ1v) is 6.74. The molecule has 0 fully saturated rings. The average Bonchev–Trinajstić information content (AvgIpc) is 2.38. The molecule has 0 spiro atoms. The molecule has 2 rings (SSSR count). The van der Waals surface area contributed by atoms with Gasteiger partial charge in [0, 0.05) is 27.3 Å². The van der Waals surface area contributed by atoms with Crippen LogP contribution in [-0.4, -0.2) is 13.4 Å². The van der Waals surface area contributed by atoms with Crippen molar-refractivity contribution in [2.24, 2.45) is 0 Å². The molecule has 0 radical (unpaired) electrons. The Labute approximate surface area is 92.5 Å². The number of aromatic amines is 1. The molecule has 0 saturated carbocycles. The normalized spacial score (nSPS) is 12.2. The Bertz CT molecular complexity index is 628. The highest BCUT2D eigenvalue weighted by Gasteiger charge is 2.19. The summed E-state index contributed by atoms with van der Waals surface area (Å²) in [6.45, 7) is 3.61. The van der Waals surface area contributed by atoms with Crippen LogP contribution in [0.15, 0.2) is 23.1 Å². The molecule has 1 heterocycles. The number of halogens is 1. The third-order valence-corrected chi connectivity index (χ3v) is 3.80. The van der Waals surface area contributed by atoms with Crippen molar-refractivity contribution in [2.75, 3.05) is 0 Å². The number of aromatic nitrogens is 1. The van der Waals surface area contributed by atoms with E-state index in [2.05, 4.69) is 4.98 Å². The van der Waals surface area contributed by atoms with E-state index in [1.807, 2.05) is 25.1 Å². The van der Waals surface area contributed by atoms with Gasteiger partial charge in [-0.25, -0.2) is 8.42 Å². The third kappa shape index (κ3) is 1.75. The molecular weight excluding hydrogens is 234 g/mol. The number of hydrogen-bond donors (Lipinski definition) is 1. The van der Waals surface area contributed by atoms with Crippen molar-refractivity contribution in [1.82, 2.24) is 4.98 Å². The third-order valence-electron chi connectivity index (χ3n) is 2.33. The highest BCUT2D eigenvalue weighted by molar-refractivity contribution is 8.14. The van der Waals surface area contributed by atoms with Crippen LogP contribution in [0.25, 0.3) is 10.9 Å². The van der Waals surface area contributed by atoms with Gasteiger partial charge in [-0.2, -0.15) is 0 Å². The Kier molecular flexibility index (Phi) is 2.28. The summed E-state index contributed by atoms with van der Waals surface area (Å²) in [5.41, 5.74) is 2.37. The number of H-pyrrole nitrogens is 1. The zero-order valence-electron chi connectivity index (χ0n) is 8.33. The van der Waals surface area contributed by atoms with Crippen molar-refractivity contribution in [3.8, 4) is 0 Å². The minimum Gasteiger partial charge on any atom is -0.357 e. The van der Waals surface area contributed by atoms with Crippen molar-refractivity contribution in [3.63, 3.8) is 0 Å². The molecule has 80 valence electrons. The van der Waals surface area contributed by atoms with Gasteiger partial charge in [-0.3, -0.25) is 0 Å². The predicted molar refractivity (Wildman–Crippen MR) is 60.8 cm³/mol. The molecular formula is C10H10ClNO2S. The summed E-state index contributed by atoms with van der Waals surface area (Å²) in [5, 5.41) is 0.655. The van der Waals surface area contributed by atoms with Gasteiger partial charge >= 0.3 is 0 Å². The predicted octanol–water partition coefficient (Wildman–Crippen LogP) is 2.71. The van der Waals surface area contributed by atoms with Crippen LogP contribution in [0.2, 0.25) is 0 Å². The molecule has 0 aliphatic rings. The molecule has 2 aromatic rings. The minimum atomic E-state index is -3.69. The zero-order valence-corrected chi connectivity index (χ0v) is 9.91. The molecule has 5 heteroatoms. The van der Waals surface area contributed by atoms with E-state index in [9.17, 15) is 8.42 Å². The Morgan fingerprint density at radius 3 is 2.53 bits per heavy atom. The molecule has 1 aromatic heterocycles. The molecule has 0 bridgehead atoms. The number of benzene rings is 1. The lowest BCUT2D eigenvalue weighted by atomic mass is 10.2. The highest BCUT2D eigenvalue weighted by Crippen LogP contribution is 2.29. The van der Waals surface area contributed by atoms with Crippen LogP contribution in [0.5, 0.6) is 0 Å². The van der Waals surface area contributed by atoms with E-state index in [0.717, 1.165) is 11.1 Å². The first-order chi connectivity index (χ1) is 6.89. The van der Waals surface area contributed by atoms with Gasteiger partial charge in [-0.15, -0.1) is 0 Å². The summed E-state index contributed by atoms with van der Waals surface area (Å²) in [7, 11) is 1.70. The van der Waals surface area contributed by atoms with Gasteiger partial charge in [-0.1, -0.05) is 11.6 Å². The van der Waals surface area contributed by atoms with E-state index < -0.39 is 9.05 Å². The second-order valence-corrected chi connectivity index (χ2v) is 6.07. The zero-order chi connectivity index (χ0) is 11.2. The second-order valence-electron chi connectivity index (χ2n) is 3.57. The lowest BCUT2D eigenvalue weighted by molar-refractivity contribution is 0.610. The molecule has 1 N–H and O–H groups in total. The Morgan fingerprint density at radius 1 is 1.27 bits per heavy atom. The summed E-state index contributed by atoms with van der Waals surface area (Å²) in [6, 6.07) is 5.58. The van der Waals surface area contributed by atoms with Crippen LogP contribution in [0.4, 0.5) is 0 Å². The number of nitrogens with one attached hydrogen (secondary N) is 1. The lowest BCUT2D eigenvalue weighted by Crippen LogP contribution is -1.91. The molecule has 0 aliphatic carbocycles. The molecule has 3 nitrogen and oxygen atoms in total. The van der Waals surface area contributed by atoms with Gasteiger partial charge in [0.1, 0.15) is 4.90 Å². The van der Waals surface area contributed by atoms with Crippen molar-refractivity contribution in [3.05, 3.63) is 29.5 Å². The molecule has 0 atom stereocenters. The number of hydrogen-bond acceptors (Lipinski definition) is 2. The number of rotatable bonds is 1. The summed E-state index contributed by atoms with van der Waals surface area (Å²) < 4.78 is 22.8.